The Morgan fingerprint density at radius 3 is 2.62 bits per heavy atom. The maximum absolute atomic E-state index is 14.6. The molecule has 1 aromatic rings. The van der Waals surface area contributed by atoms with Crippen LogP contribution in [0.3, 0.4) is 0 Å². The highest BCUT2D eigenvalue weighted by molar-refractivity contribution is 7.85. The molecule has 0 radical (unpaired) electrons. The van der Waals surface area contributed by atoms with Crippen LogP contribution in [-0.2, 0) is 19.2 Å². The van der Waals surface area contributed by atoms with Crippen molar-refractivity contribution in [2.75, 3.05) is 13.4 Å². The van der Waals surface area contributed by atoms with Crippen LogP contribution in [-0.4, -0.2) is 38.6 Å². The zero-order chi connectivity index (χ0) is 19.6. The Morgan fingerprint density at radius 2 is 2.08 bits per heavy atom. The highest BCUT2D eigenvalue weighted by Gasteiger charge is 2.31. The third kappa shape index (κ3) is 4.44. The van der Waals surface area contributed by atoms with Gasteiger partial charge < -0.3 is 9.84 Å². The fourth-order valence-corrected chi connectivity index (χ4v) is 2.94. The topological polar surface area (TPSA) is 114 Å². The number of methoxy groups -OCH3 is 1. The number of nitrogens with zero attached hydrogens (tertiary/aromatic N) is 1. The summed E-state index contributed by atoms with van der Waals surface area (Å²) in [6.45, 7) is 0. The first-order chi connectivity index (χ1) is 12.0. The quantitative estimate of drug-likeness (QED) is 0.670. The van der Waals surface area contributed by atoms with E-state index < -0.39 is 33.7 Å². The van der Waals surface area contributed by atoms with Gasteiger partial charge in [-0.25, -0.2) is 9.18 Å². The average molecular weight is 427 g/mol. The second kappa shape index (κ2) is 7.78. The predicted octanol–water partition coefficient (Wildman–Crippen LogP) is 2.39. The molecule has 2 N–H and O–H groups in total. The van der Waals surface area contributed by atoms with Crippen molar-refractivity contribution in [2.45, 2.75) is 12.5 Å². The van der Waals surface area contributed by atoms with Gasteiger partial charge >= 0.3 is 5.97 Å². The number of dihydropyridines is 1. The summed E-state index contributed by atoms with van der Waals surface area (Å²) in [5, 5.41) is 8.94. The summed E-state index contributed by atoms with van der Waals surface area (Å²) in [5.41, 5.74) is 1.43. The molecule has 2 rings (SSSR count). The summed E-state index contributed by atoms with van der Waals surface area (Å²) in [7, 11) is -2.67. The maximum atomic E-state index is 14.6. The van der Waals surface area contributed by atoms with Crippen LogP contribution in [0.1, 0.15) is 18.0 Å². The summed E-state index contributed by atoms with van der Waals surface area (Å²) in [6.07, 6.45) is 0.636. The largest absolute Gasteiger partial charge is 0.492 e. The Kier molecular flexibility index (Phi) is 6.12. The number of carboxylic acids is 1. The van der Waals surface area contributed by atoms with Gasteiger partial charge in [0.25, 0.3) is 10.1 Å². The van der Waals surface area contributed by atoms with Crippen molar-refractivity contribution in [3.8, 4) is 5.75 Å². The van der Waals surface area contributed by atoms with Gasteiger partial charge in [-0.3, -0.25) is 10.5 Å². The van der Waals surface area contributed by atoms with Gasteiger partial charge in [0.05, 0.1) is 35.2 Å². The summed E-state index contributed by atoms with van der Waals surface area (Å²) in [4.78, 5) is 15.3. The second-order valence-electron chi connectivity index (χ2n) is 5.17. The van der Waals surface area contributed by atoms with Gasteiger partial charge in [0.1, 0.15) is 0 Å². The molecule has 1 aliphatic heterocycles. The minimum absolute atomic E-state index is 0.00665. The van der Waals surface area contributed by atoms with Crippen molar-refractivity contribution in [1.29, 1.82) is 0 Å². The number of hydroxylamine groups is 1. The monoisotopic (exact) mass is 426 g/mol. The molecule has 0 saturated carbocycles. The first-order valence-corrected chi connectivity index (χ1v) is 9.48. The van der Waals surface area contributed by atoms with Crippen molar-refractivity contribution in [3.05, 3.63) is 39.3 Å². The number of rotatable bonds is 6. The van der Waals surface area contributed by atoms with Gasteiger partial charge in [-0.15, -0.1) is 0 Å². The molecule has 8 nitrogen and oxygen atoms in total. The number of ether oxygens (including phenoxy) is 1. The Balaban J connectivity index is 2.48. The van der Waals surface area contributed by atoms with E-state index in [1.807, 2.05) is 0 Å². The lowest BCUT2D eigenvalue weighted by Gasteiger charge is -2.23. The van der Waals surface area contributed by atoms with Crippen LogP contribution in [0.25, 0.3) is 0 Å². The van der Waals surface area contributed by atoms with Gasteiger partial charge in [-0.2, -0.15) is 12.7 Å². The average Bonchev–Trinajstić information content (AvgIpc) is 2.53. The van der Waals surface area contributed by atoms with Crippen molar-refractivity contribution in [2.24, 2.45) is 4.99 Å². The Bertz CT molecular complexity index is 916. The molecule has 0 aromatic heterocycles. The van der Waals surface area contributed by atoms with Crippen LogP contribution in [0.4, 0.5) is 4.39 Å². The Hall–Kier alpha value is -1.88. The molecule has 0 amide bonds. The van der Waals surface area contributed by atoms with Crippen molar-refractivity contribution >= 4 is 45.0 Å². The van der Waals surface area contributed by atoms with E-state index in [0.717, 1.165) is 6.26 Å². The lowest BCUT2D eigenvalue weighted by molar-refractivity contribution is -0.129. The zero-order valence-electron chi connectivity index (χ0n) is 13.4. The molecule has 0 spiro atoms. The number of aliphatic imine (C=N–C) groups is 1. The van der Waals surface area contributed by atoms with Crippen molar-refractivity contribution < 1.29 is 31.7 Å². The smallest absolute Gasteiger partial charge is 0.355 e. The van der Waals surface area contributed by atoms with Gasteiger partial charge in [0, 0.05) is 12.0 Å². The molecule has 1 heterocycles. The van der Waals surface area contributed by atoms with Gasteiger partial charge in [0.2, 0.25) is 0 Å². The molecule has 12 heteroatoms. The van der Waals surface area contributed by atoms with E-state index in [4.69, 9.17) is 27.9 Å². The molecular weight excluding hydrogens is 414 g/mol. The molecule has 1 aromatic carbocycles. The van der Waals surface area contributed by atoms with E-state index in [1.165, 1.54) is 19.2 Å². The highest BCUT2D eigenvalue weighted by atomic mass is 35.5. The molecule has 1 aliphatic rings. The molecule has 0 fully saturated rings. The van der Waals surface area contributed by atoms with Crippen molar-refractivity contribution in [3.63, 3.8) is 0 Å². The fraction of sp³-hybridized carbons (Fsp3) is 0.286. The minimum atomic E-state index is -3.89. The molecule has 0 bridgehead atoms. The zero-order valence-corrected chi connectivity index (χ0v) is 15.7. The van der Waals surface area contributed by atoms with Crippen LogP contribution < -0.4 is 10.2 Å². The van der Waals surface area contributed by atoms with E-state index in [-0.39, 0.29) is 33.5 Å². The van der Waals surface area contributed by atoms with Crippen LogP contribution >= 0.6 is 23.2 Å². The Morgan fingerprint density at radius 1 is 1.42 bits per heavy atom. The summed E-state index contributed by atoms with van der Waals surface area (Å²) < 4.78 is 46.2. The maximum Gasteiger partial charge on any atom is 0.355 e. The van der Waals surface area contributed by atoms with E-state index in [9.17, 15) is 22.7 Å². The number of benzene rings is 1. The lowest BCUT2D eigenvalue weighted by atomic mass is 9.98. The lowest BCUT2D eigenvalue weighted by Crippen LogP contribution is -2.28. The van der Waals surface area contributed by atoms with Crippen molar-refractivity contribution in [1.82, 2.24) is 5.48 Å². The molecule has 1 atom stereocenters. The van der Waals surface area contributed by atoms with Gasteiger partial charge in [-0.1, -0.05) is 29.3 Å². The van der Waals surface area contributed by atoms with Crippen LogP contribution in [0.15, 0.2) is 27.9 Å². The summed E-state index contributed by atoms with van der Waals surface area (Å²) in [6, 6.07) is 1.66. The summed E-state index contributed by atoms with van der Waals surface area (Å²) >= 11 is 11.8. The molecule has 142 valence electrons. The Labute approximate surface area is 158 Å². The molecule has 26 heavy (non-hydrogen) atoms. The van der Waals surface area contributed by atoms with Crippen LogP contribution in [0.5, 0.6) is 5.75 Å². The van der Waals surface area contributed by atoms with E-state index in [2.05, 4.69) is 14.8 Å². The first kappa shape index (κ1) is 20.4. The van der Waals surface area contributed by atoms with E-state index >= 15 is 0 Å². The normalized spacial score (nSPS) is 17.7. The highest BCUT2D eigenvalue weighted by Crippen LogP contribution is 2.38. The van der Waals surface area contributed by atoms with Gasteiger partial charge in [0.15, 0.2) is 17.3 Å². The SMILES string of the molecule is COc1c(Cl)ccc(C2CC(NOS(C)(=O)=O)=C(Cl)C(C(=O)O)=N2)c1F. The molecule has 1 unspecified atom stereocenters. The fourth-order valence-electron chi connectivity index (χ4n) is 2.22. The molecule has 0 aliphatic carbocycles. The van der Waals surface area contributed by atoms with Crippen LogP contribution in [0, 0.1) is 5.82 Å². The third-order valence-corrected chi connectivity index (χ3v) is 4.41. The molecule has 0 saturated heterocycles. The number of hydrogen-bond donors (Lipinski definition) is 2. The molecular formula is C14H13Cl2FN2O6S. The number of halogens is 3. The predicted molar refractivity (Wildman–Crippen MR) is 92.3 cm³/mol. The summed E-state index contributed by atoms with van der Waals surface area (Å²) in [5.74, 6) is -2.52. The minimum Gasteiger partial charge on any atom is -0.492 e. The standard InChI is InChI=1S/C14H13Cl2FN2O6S/c1-24-13-7(15)4-3-6(11(13)17)8-5-9(19-25-26(2,22)23)10(16)12(18-8)14(20)21/h3-4,8,19H,5H2,1-2H3,(H,20,21). The number of hydrogen-bond acceptors (Lipinski definition) is 7. The number of carbonyl (C=O) groups is 1. The third-order valence-electron chi connectivity index (χ3n) is 3.32. The van der Waals surface area contributed by atoms with Crippen LogP contribution in [0.2, 0.25) is 5.02 Å². The number of aliphatic carboxylic acids is 1. The number of carboxylic acid groups (broad SMARTS) is 1. The number of nitrogens with one attached hydrogen (secondary N) is 1. The second-order valence-corrected chi connectivity index (χ2v) is 7.53. The first-order valence-electron chi connectivity index (χ1n) is 6.91. The van der Waals surface area contributed by atoms with E-state index in [1.54, 1.807) is 0 Å². The van der Waals surface area contributed by atoms with Gasteiger partial charge in [-0.05, 0) is 6.07 Å². The van der Waals surface area contributed by atoms with E-state index in [0.29, 0.717) is 0 Å².